The van der Waals surface area contributed by atoms with E-state index in [2.05, 4.69) is 46.0 Å². The summed E-state index contributed by atoms with van der Waals surface area (Å²) < 4.78 is 1.68. The van der Waals surface area contributed by atoms with E-state index in [9.17, 15) is 0 Å². The van der Waals surface area contributed by atoms with Gasteiger partial charge in [0.2, 0.25) is 17.8 Å². The maximum absolute atomic E-state index is 5.69. The Morgan fingerprint density at radius 2 is 2.11 bits per heavy atom. The molecule has 0 bridgehead atoms. The molecule has 0 aliphatic rings. The minimum atomic E-state index is -0.0972. The second-order valence-corrected chi connectivity index (χ2v) is 4.65. The number of nitrogen functional groups attached to an aromatic ring is 1. The van der Waals surface area contributed by atoms with Crippen LogP contribution in [0.25, 0.3) is 5.95 Å². The molecule has 0 amide bonds. The first-order valence-electron chi connectivity index (χ1n) is 5.78. The van der Waals surface area contributed by atoms with E-state index in [0.29, 0.717) is 11.9 Å². The molecule has 0 aliphatic carbocycles. The molecule has 0 atom stereocenters. The molecule has 0 saturated heterocycles. The van der Waals surface area contributed by atoms with Crippen LogP contribution >= 0.6 is 0 Å². The third-order valence-electron chi connectivity index (χ3n) is 2.71. The van der Waals surface area contributed by atoms with E-state index >= 15 is 0 Å². The van der Waals surface area contributed by atoms with Crippen LogP contribution in [-0.4, -0.2) is 30.0 Å². The van der Waals surface area contributed by atoms with Crippen molar-refractivity contribution in [2.75, 3.05) is 11.1 Å². The van der Waals surface area contributed by atoms with Crippen LogP contribution < -0.4 is 11.1 Å². The summed E-state index contributed by atoms with van der Waals surface area (Å²) in [6.07, 6.45) is 5.97. The largest absolute Gasteiger partial charge is 0.368 e. The fourth-order valence-electron chi connectivity index (χ4n) is 1.32. The maximum Gasteiger partial charge on any atom is 0.241 e. The average Bonchev–Trinajstić information content (AvgIpc) is 2.81. The Bertz CT molecular complexity index is 518. The number of hydrogen-bond donors (Lipinski definition) is 2. The van der Waals surface area contributed by atoms with Gasteiger partial charge in [0.15, 0.2) is 0 Å². The van der Waals surface area contributed by atoms with Gasteiger partial charge in [-0.25, -0.2) is 4.98 Å². The molecule has 2 rings (SSSR count). The topological polar surface area (TPSA) is 94.5 Å². The fraction of sp³-hybridized carbons (Fsp3) is 0.455. The first-order chi connectivity index (χ1) is 8.50. The maximum atomic E-state index is 5.69. The fourth-order valence-corrected chi connectivity index (χ4v) is 1.32. The number of nitrogens with two attached hydrogens (primary N) is 1. The molecular formula is C11H17N7. The Kier molecular flexibility index (Phi) is 3.14. The second kappa shape index (κ2) is 4.59. The molecule has 3 N–H and O–H groups in total. The number of imidazole rings is 1. The Balaban J connectivity index is 2.33. The zero-order valence-corrected chi connectivity index (χ0v) is 10.8. The molecule has 0 aliphatic heterocycles. The summed E-state index contributed by atoms with van der Waals surface area (Å²) in [5.74, 6) is 1.11. The minimum absolute atomic E-state index is 0.0972. The third kappa shape index (κ3) is 2.73. The molecule has 0 fully saturated rings. The van der Waals surface area contributed by atoms with Crippen molar-refractivity contribution in [2.45, 2.75) is 32.7 Å². The highest BCUT2D eigenvalue weighted by Crippen LogP contribution is 2.15. The third-order valence-corrected chi connectivity index (χ3v) is 2.71. The van der Waals surface area contributed by atoms with Crippen LogP contribution in [0.5, 0.6) is 0 Å². The highest BCUT2D eigenvalue weighted by Gasteiger charge is 2.17. The number of rotatable bonds is 4. The van der Waals surface area contributed by atoms with Crippen molar-refractivity contribution in [1.29, 1.82) is 0 Å². The van der Waals surface area contributed by atoms with Gasteiger partial charge in [-0.1, -0.05) is 6.92 Å². The Morgan fingerprint density at radius 1 is 1.33 bits per heavy atom. The molecule has 0 unspecified atom stereocenters. The van der Waals surface area contributed by atoms with Gasteiger partial charge in [0.1, 0.15) is 6.33 Å². The van der Waals surface area contributed by atoms with Crippen molar-refractivity contribution in [3.63, 3.8) is 0 Å². The van der Waals surface area contributed by atoms with E-state index in [1.54, 1.807) is 23.3 Å². The molecule has 7 nitrogen and oxygen atoms in total. The van der Waals surface area contributed by atoms with Gasteiger partial charge in [0.25, 0.3) is 0 Å². The van der Waals surface area contributed by atoms with Gasteiger partial charge >= 0.3 is 0 Å². The average molecular weight is 247 g/mol. The summed E-state index contributed by atoms with van der Waals surface area (Å²) >= 11 is 0. The van der Waals surface area contributed by atoms with E-state index in [1.807, 2.05) is 0 Å². The van der Waals surface area contributed by atoms with Gasteiger partial charge in [0, 0.05) is 17.9 Å². The van der Waals surface area contributed by atoms with Gasteiger partial charge in [0.05, 0.1) is 0 Å². The molecule has 2 aromatic rings. The first kappa shape index (κ1) is 12.3. The van der Waals surface area contributed by atoms with Crippen molar-refractivity contribution in [2.24, 2.45) is 0 Å². The normalized spacial score (nSPS) is 11.5. The van der Waals surface area contributed by atoms with Crippen LogP contribution in [0, 0.1) is 0 Å². The summed E-state index contributed by atoms with van der Waals surface area (Å²) in [6.45, 7) is 6.24. The van der Waals surface area contributed by atoms with Gasteiger partial charge in [-0.2, -0.15) is 15.0 Å². The van der Waals surface area contributed by atoms with Gasteiger partial charge in [-0.15, -0.1) is 0 Å². The summed E-state index contributed by atoms with van der Waals surface area (Å²) in [5.41, 5.74) is 5.59. The Hall–Kier alpha value is -2.18. The Labute approximate surface area is 106 Å². The van der Waals surface area contributed by atoms with E-state index in [4.69, 9.17) is 5.73 Å². The second-order valence-electron chi connectivity index (χ2n) is 4.65. The molecule has 0 saturated carbocycles. The van der Waals surface area contributed by atoms with E-state index in [0.717, 1.165) is 6.42 Å². The SMILES string of the molecule is CCC(C)(C)Nc1nc(N)nc(-n2ccnc2)n1. The van der Waals surface area contributed by atoms with Crippen molar-refractivity contribution in [1.82, 2.24) is 24.5 Å². The quantitative estimate of drug-likeness (QED) is 0.844. The molecule has 0 spiro atoms. The van der Waals surface area contributed by atoms with E-state index in [-0.39, 0.29) is 11.5 Å². The summed E-state index contributed by atoms with van der Waals surface area (Å²) in [7, 11) is 0. The number of nitrogens with zero attached hydrogens (tertiary/aromatic N) is 5. The lowest BCUT2D eigenvalue weighted by Gasteiger charge is -2.24. The van der Waals surface area contributed by atoms with Crippen molar-refractivity contribution in [3.05, 3.63) is 18.7 Å². The van der Waals surface area contributed by atoms with Crippen LogP contribution in [-0.2, 0) is 0 Å². The molecule has 7 heteroatoms. The lowest BCUT2D eigenvalue weighted by Crippen LogP contribution is -2.31. The number of nitrogens with one attached hydrogen (secondary N) is 1. The lowest BCUT2D eigenvalue weighted by molar-refractivity contribution is 0.541. The highest BCUT2D eigenvalue weighted by atomic mass is 15.3. The Morgan fingerprint density at radius 3 is 2.72 bits per heavy atom. The van der Waals surface area contributed by atoms with E-state index in [1.165, 1.54) is 0 Å². The minimum Gasteiger partial charge on any atom is -0.368 e. The van der Waals surface area contributed by atoms with Crippen LogP contribution in [0.1, 0.15) is 27.2 Å². The highest BCUT2D eigenvalue weighted by molar-refractivity contribution is 5.37. The predicted molar refractivity (Wildman–Crippen MR) is 69.4 cm³/mol. The monoisotopic (exact) mass is 247 g/mol. The standard InChI is InChI=1S/C11H17N7/c1-4-11(2,3)17-9-14-8(12)15-10(16-9)18-6-5-13-7-18/h5-7H,4H2,1-3H3,(H3,12,14,15,16,17). The molecule has 2 heterocycles. The van der Waals surface area contributed by atoms with Crippen LogP contribution in [0.2, 0.25) is 0 Å². The van der Waals surface area contributed by atoms with Gasteiger partial charge < -0.3 is 11.1 Å². The number of anilines is 2. The predicted octanol–water partition coefficient (Wildman–Crippen LogP) is 1.24. The van der Waals surface area contributed by atoms with Crippen LogP contribution in [0.15, 0.2) is 18.7 Å². The molecule has 0 radical (unpaired) electrons. The number of hydrogen-bond acceptors (Lipinski definition) is 6. The molecular weight excluding hydrogens is 230 g/mol. The van der Waals surface area contributed by atoms with Crippen molar-refractivity contribution < 1.29 is 0 Å². The molecule has 2 aromatic heterocycles. The summed E-state index contributed by atoms with van der Waals surface area (Å²) in [6, 6.07) is 0. The summed E-state index contributed by atoms with van der Waals surface area (Å²) in [4.78, 5) is 16.4. The van der Waals surface area contributed by atoms with Gasteiger partial charge in [-0.05, 0) is 20.3 Å². The van der Waals surface area contributed by atoms with Crippen LogP contribution in [0.3, 0.4) is 0 Å². The molecule has 0 aromatic carbocycles. The van der Waals surface area contributed by atoms with Crippen LogP contribution in [0.4, 0.5) is 11.9 Å². The smallest absolute Gasteiger partial charge is 0.241 e. The number of aromatic nitrogens is 5. The van der Waals surface area contributed by atoms with Crippen molar-refractivity contribution in [3.8, 4) is 5.95 Å². The van der Waals surface area contributed by atoms with E-state index < -0.39 is 0 Å². The zero-order valence-electron chi connectivity index (χ0n) is 10.8. The first-order valence-corrected chi connectivity index (χ1v) is 5.78. The van der Waals surface area contributed by atoms with Gasteiger partial charge in [-0.3, -0.25) is 4.57 Å². The molecule has 96 valence electrons. The van der Waals surface area contributed by atoms with Crippen molar-refractivity contribution >= 4 is 11.9 Å². The molecule has 18 heavy (non-hydrogen) atoms. The summed E-state index contributed by atoms with van der Waals surface area (Å²) in [5, 5.41) is 3.24. The lowest BCUT2D eigenvalue weighted by atomic mass is 10.0. The zero-order chi connectivity index (χ0) is 13.2.